The Morgan fingerprint density at radius 1 is 1.29 bits per heavy atom. The van der Waals surface area contributed by atoms with Gasteiger partial charge in [-0.05, 0) is 18.9 Å². The lowest BCUT2D eigenvalue weighted by molar-refractivity contribution is -0.119. The maximum absolute atomic E-state index is 12.8. The van der Waals surface area contributed by atoms with Crippen LogP contribution in [0.25, 0.3) is 10.2 Å². The van der Waals surface area contributed by atoms with E-state index >= 15 is 0 Å². The maximum atomic E-state index is 12.8. The predicted molar refractivity (Wildman–Crippen MR) is 79.8 cm³/mol. The molecule has 0 atom stereocenters. The molecule has 0 spiro atoms. The van der Waals surface area contributed by atoms with Crippen LogP contribution in [0.4, 0.5) is 24.9 Å². The van der Waals surface area contributed by atoms with Crippen molar-refractivity contribution in [3.63, 3.8) is 0 Å². The van der Waals surface area contributed by atoms with Crippen LogP contribution in [0.2, 0.25) is 0 Å². The number of hydrogen-bond acceptors (Lipinski definition) is 5. The van der Waals surface area contributed by atoms with Gasteiger partial charge in [0.15, 0.2) is 0 Å². The standard InChI is InChI=1S/C13H17F3N4S/c1-3-5-20(7-13(14,15)16)10-9-6-8(4-2)21-11(9)19-12(17)18-10/h6H,3-5,7H2,1-2H3,(H2,17,18,19). The third-order valence-electron chi connectivity index (χ3n) is 2.95. The van der Waals surface area contributed by atoms with Crippen molar-refractivity contribution in [3.8, 4) is 0 Å². The van der Waals surface area contributed by atoms with Gasteiger partial charge in [-0.15, -0.1) is 11.3 Å². The van der Waals surface area contributed by atoms with Crippen LogP contribution in [0.3, 0.4) is 0 Å². The Kier molecular flexibility index (Phi) is 4.55. The lowest BCUT2D eigenvalue weighted by Gasteiger charge is -2.25. The first-order valence-corrected chi connectivity index (χ1v) is 7.53. The number of aryl methyl sites for hydroxylation is 1. The average Bonchev–Trinajstić information content (AvgIpc) is 2.78. The topological polar surface area (TPSA) is 55.0 Å². The summed E-state index contributed by atoms with van der Waals surface area (Å²) in [4.78, 5) is 11.1. The van der Waals surface area contributed by atoms with Gasteiger partial charge in [0.1, 0.15) is 17.2 Å². The van der Waals surface area contributed by atoms with Gasteiger partial charge in [-0.1, -0.05) is 13.8 Å². The van der Waals surface area contributed by atoms with Crippen molar-refractivity contribution < 1.29 is 13.2 Å². The highest BCUT2D eigenvalue weighted by Crippen LogP contribution is 2.33. The molecule has 0 bridgehead atoms. The molecule has 0 saturated heterocycles. The van der Waals surface area contributed by atoms with E-state index in [2.05, 4.69) is 9.97 Å². The summed E-state index contributed by atoms with van der Waals surface area (Å²) in [5.74, 6) is 0.276. The number of thiophene rings is 1. The molecule has 0 radical (unpaired) electrons. The molecule has 4 nitrogen and oxygen atoms in total. The quantitative estimate of drug-likeness (QED) is 0.915. The molecule has 8 heteroatoms. The van der Waals surface area contributed by atoms with Gasteiger partial charge in [0, 0.05) is 11.4 Å². The number of nitrogens with two attached hydrogens (primary N) is 1. The smallest absolute Gasteiger partial charge is 0.368 e. The molecule has 2 aromatic rings. The molecule has 0 unspecified atom stereocenters. The highest BCUT2D eigenvalue weighted by Gasteiger charge is 2.32. The van der Waals surface area contributed by atoms with Gasteiger partial charge in [-0.2, -0.15) is 18.2 Å². The van der Waals surface area contributed by atoms with Crippen molar-refractivity contribution >= 4 is 33.3 Å². The molecular weight excluding hydrogens is 301 g/mol. The second kappa shape index (κ2) is 6.05. The zero-order valence-corrected chi connectivity index (χ0v) is 12.7. The molecule has 2 aromatic heterocycles. The molecular formula is C13H17F3N4S. The fraction of sp³-hybridized carbons (Fsp3) is 0.538. The number of hydrogen-bond donors (Lipinski definition) is 1. The maximum Gasteiger partial charge on any atom is 0.405 e. The number of fused-ring (bicyclic) bond motifs is 1. The Balaban J connectivity index is 2.52. The number of anilines is 2. The van der Waals surface area contributed by atoms with Crippen molar-refractivity contribution in [2.75, 3.05) is 23.7 Å². The molecule has 0 aliphatic rings. The van der Waals surface area contributed by atoms with Gasteiger partial charge in [-0.25, -0.2) is 4.98 Å². The van der Waals surface area contributed by atoms with Crippen molar-refractivity contribution in [2.24, 2.45) is 0 Å². The lowest BCUT2D eigenvalue weighted by atomic mass is 10.2. The Labute approximate surface area is 124 Å². The first-order valence-electron chi connectivity index (χ1n) is 6.71. The number of nitrogen functional groups attached to an aromatic ring is 1. The molecule has 2 N–H and O–H groups in total. The van der Waals surface area contributed by atoms with Crippen LogP contribution in [-0.2, 0) is 6.42 Å². The fourth-order valence-corrected chi connectivity index (χ4v) is 3.10. The van der Waals surface area contributed by atoms with Gasteiger partial charge in [0.2, 0.25) is 5.95 Å². The van der Waals surface area contributed by atoms with Crippen LogP contribution < -0.4 is 10.6 Å². The number of alkyl halides is 3. The lowest BCUT2D eigenvalue weighted by Crippen LogP contribution is -2.35. The molecule has 0 fully saturated rings. The molecule has 116 valence electrons. The largest absolute Gasteiger partial charge is 0.405 e. The van der Waals surface area contributed by atoms with E-state index < -0.39 is 12.7 Å². The normalized spacial score (nSPS) is 12.0. The minimum Gasteiger partial charge on any atom is -0.368 e. The van der Waals surface area contributed by atoms with E-state index in [-0.39, 0.29) is 18.3 Å². The van der Waals surface area contributed by atoms with Crippen LogP contribution in [-0.4, -0.2) is 29.2 Å². The number of nitrogens with zero attached hydrogens (tertiary/aromatic N) is 3. The molecule has 0 saturated carbocycles. The Morgan fingerprint density at radius 2 is 2.00 bits per heavy atom. The van der Waals surface area contributed by atoms with E-state index in [0.29, 0.717) is 16.6 Å². The summed E-state index contributed by atoms with van der Waals surface area (Å²) in [5.41, 5.74) is 5.65. The minimum atomic E-state index is -4.29. The van der Waals surface area contributed by atoms with Crippen LogP contribution in [0.5, 0.6) is 0 Å². The summed E-state index contributed by atoms with van der Waals surface area (Å²) >= 11 is 1.44. The summed E-state index contributed by atoms with van der Waals surface area (Å²) in [6.07, 6.45) is -2.90. The van der Waals surface area contributed by atoms with E-state index in [1.807, 2.05) is 19.9 Å². The van der Waals surface area contributed by atoms with E-state index in [4.69, 9.17) is 5.73 Å². The second-order valence-electron chi connectivity index (χ2n) is 4.73. The zero-order valence-electron chi connectivity index (χ0n) is 11.9. The predicted octanol–water partition coefficient (Wildman–Crippen LogP) is 3.61. The summed E-state index contributed by atoms with van der Waals surface area (Å²) in [7, 11) is 0. The molecule has 21 heavy (non-hydrogen) atoms. The van der Waals surface area contributed by atoms with E-state index in [1.54, 1.807) is 0 Å². The third kappa shape index (κ3) is 3.75. The number of halogens is 3. The first kappa shape index (κ1) is 15.8. The minimum absolute atomic E-state index is 0.00489. The molecule has 0 aliphatic carbocycles. The van der Waals surface area contributed by atoms with Crippen LogP contribution >= 0.6 is 11.3 Å². The first-order chi connectivity index (χ1) is 9.84. The van der Waals surface area contributed by atoms with Crippen molar-refractivity contribution in [3.05, 3.63) is 10.9 Å². The summed E-state index contributed by atoms with van der Waals surface area (Å²) in [6, 6.07) is 1.85. The molecule has 2 rings (SSSR count). The SMILES string of the molecule is CCCN(CC(F)(F)F)c1nc(N)nc2sc(CC)cc12. The number of aromatic nitrogens is 2. The summed E-state index contributed by atoms with van der Waals surface area (Å²) < 4.78 is 38.3. The van der Waals surface area contributed by atoms with Gasteiger partial charge >= 0.3 is 6.18 Å². The molecule has 0 aromatic carbocycles. The van der Waals surface area contributed by atoms with Crippen molar-refractivity contribution in [1.82, 2.24) is 9.97 Å². The Bertz CT molecular complexity index is 624. The monoisotopic (exact) mass is 318 g/mol. The fourth-order valence-electron chi connectivity index (χ4n) is 2.13. The zero-order chi connectivity index (χ0) is 15.6. The highest BCUT2D eigenvalue weighted by atomic mass is 32.1. The third-order valence-corrected chi connectivity index (χ3v) is 4.13. The van der Waals surface area contributed by atoms with E-state index in [0.717, 1.165) is 11.3 Å². The van der Waals surface area contributed by atoms with Gasteiger partial charge in [0.05, 0.1) is 5.39 Å². The summed E-state index contributed by atoms with van der Waals surface area (Å²) in [5, 5.41) is 0.642. The van der Waals surface area contributed by atoms with Crippen LogP contribution in [0.15, 0.2) is 6.07 Å². The Hall–Kier alpha value is -1.57. The number of rotatable bonds is 5. The highest BCUT2D eigenvalue weighted by molar-refractivity contribution is 7.18. The van der Waals surface area contributed by atoms with E-state index in [9.17, 15) is 13.2 Å². The van der Waals surface area contributed by atoms with Gasteiger partial charge in [0.25, 0.3) is 0 Å². The van der Waals surface area contributed by atoms with E-state index in [1.165, 1.54) is 16.2 Å². The van der Waals surface area contributed by atoms with Gasteiger partial charge < -0.3 is 10.6 Å². The molecule has 0 aliphatic heterocycles. The van der Waals surface area contributed by atoms with Crippen molar-refractivity contribution in [2.45, 2.75) is 32.9 Å². The summed E-state index contributed by atoms with van der Waals surface area (Å²) in [6.45, 7) is 3.04. The molecule has 0 amide bonds. The molecule has 2 heterocycles. The average molecular weight is 318 g/mol. The van der Waals surface area contributed by atoms with Crippen LogP contribution in [0.1, 0.15) is 25.1 Å². The Morgan fingerprint density at radius 3 is 2.57 bits per heavy atom. The van der Waals surface area contributed by atoms with Gasteiger partial charge in [-0.3, -0.25) is 0 Å². The second-order valence-corrected chi connectivity index (χ2v) is 5.84. The van der Waals surface area contributed by atoms with Crippen molar-refractivity contribution in [1.29, 1.82) is 0 Å². The van der Waals surface area contributed by atoms with Crippen LogP contribution in [0, 0.1) is 0 Å².